The molecule has 76 valence electrons. The fourth-order valence-corrected chi connectivity index (χ4v) is 2.67. The third-order valence-electron chi connectivity index (χ3n) is 1.39. The summed E-state index contributed by atoms with van der Waals surface area (Å²) in [6.07, 6.45) is 1.69. The second kappa shape index (κ2) is 5.23. The Morgan fingerprint density at radius 2 is 2.00 bits per heavy atom. The molecule has 0 radical (unpaired) electrons. The van der Waals surface area contributed by atoms with Crippen molar-refractivity contribution in [1.29, 1.82) is 0 Å². The van der Waals surface area contributed by atoms with E-state index in [9.17, 15) is 3.83 Å². The molecule has 0 spiro atoms. The molecule has 0 saturated carbocycles. The van der Waals surface area contributed by atoms with E-state index in [2.05, 4.69) is 9.15 Å². The molecule has 14 heavy (non-hydrogen) atoms. The van der Waals surface area contributed by atoms with E-state index in [0.29, 0.717) is 0 Å². The van der Waals surface area contributed by atoms with Gasteiger partial charge < -0.3 is 4.55 Å². The van der Waals surface area contributed by atoms with Crippen LogP contribution in [0.2, 0.25) is 0 Å². The number of fused-ring (bicyclic) bond motifs is 1. The van der Waals surface area contributed by atoms with Crippen LogP contribution in [0, 0.1) is 0 Å². The third kappa shape index (κ3) is 3.21. The van der Waals surface area contributed by atoms with Crippen molar-refractivity contribution in [3.8, 4) is 0 Å². The first-order chi connectivity index (χ1) is 6.61. The molecule has 0 fully saturated rings. The molecule has 1 aliphatic heterocycles. The van der Waals surface area contributed by atoms with Gasteiger partial charge in [-0.15, -0.1) is 0 Å². The van der Waals surface area contributed by atoms with Crippen LogP contribution in [0.5, 0.6) is 0 Å². The summed E-state index contributed by atoms with van der Waals surface area (Å²) in [5.41, 5.74) is 1.02. The molecule has 2 atom stereocenters. The molecule has 1 heterocycles. The Balaban J connectivity index is 0.000000213. The fourth-order valence-electron chi connectivity index (χ4n) is 0.908. The van der Waals surface area contributed by atoms with Gasteiger partial charge in [0.1, 0.15) is 0 Å². The van der Waals surface area contributed by atoms with Crippen molar-refractivity contribution in [2.75, 3.05) is 0 Å². The second-order valence-corrected chi connectivity index (χ2v) is 5.21. The predicted octanol–water partition coefficient (Wildman–Crippen LogP) is -1.02. The first-order valence-corrected chi connectivity index (χ1v) is 6.96. The molecule has 0 bridgehead atoms. The Hall–Kier alpha value is -0.721. The molecule has 0 amide bonds. The molecule has 7 heteroatoms. The van der Waals surface area contributed by atoms with Gasteiger partial charge in [0.2, 0.25) is 0 Å². The molecule has 2 N–H and O–H groups in total. The molecular formula is C7H7N2O3SSe-. The van der Waals surface area contributed by atoms with E-state index in [1.54, 1.807) is 6.21 Å². The maximum absolute atomic E-state index is 11.1. The van der Waals surface area contributed by atoms with Crippen LogP contribution in [0.25, 0.3) is 0 Å². The van der Waals surface area contributed by atoms with Gasteiger partial charge in [0.15, 0.2) is 0 Å². The zero-order valence-electron chi connectivity index (χ0n) is 6.95. The monoisotopic (exact) mass is 279 g/mol. The van der Waals surface area contributed by atoms with Gasteiger partial charge in [0, 0.05) is 11.3 Å². The van der Waals surface area contributed by atoms with Crippen LogP contribution in [0.15, 0.2) is 28.3 Å². The molecule has 2 unspecified atom stereocenters. The van der Waals surface area contributed by atoms with Gasteiger partial charge in [-0.25, -0.2) is 0 Å². The fraction of sp³-hybridized carbons (Fsp3) is 0. The first kappa shape index (κ1) is 11.4. The molecular weight excluding hydrogens is 271 g/mol. The molecule has 0 saturated heterocycles. The van der Waals surface area contributed by atoms with Crippen LogP contribution in [-0.4, -0.2) is 29.0 Å². The van der Waals surface area contributed by atoms with Gasteiger partial charge in [-0.05, 0) is 0 Å². The molecule has 1 aromatic rings. The van der Waals surface area contributed by atoms with E-state index in [-0.39, 0.29) is 0 Å². The van der Waals surface area contributed by atoms with Crippen LogP contribution in [0.1, 0.15) is 5.56 Å². The minimum atomic E-state index is -2.36. The van der Waals surface area contributed by atoms with E-state index < -0.39 is 25.3 Å². The Morgan fingerprint density at radius 1 is 1.43 bits per heavy atom. The number of nitrogens with zero attached hydrogens (tertiary/aromatic N) is 1. The SMILES string of the molecule is NS(=O)[O-].O=[Se]1N=Cc2ccccc21. The molecule has 2 rings (SSSR count). The summed E-state index contributed by atoms with van der Waals surface area (Å²) in [7, 11) is 0. The summed E-state index contributed by atoms with van der Waals surface area (Å²) in [6, 6.07) is 7.62. The van der Waals surface area contributed by atoms with E-state index in [0.717, 1.165) is 10.0 Å². The van der Waals surface area contributed by atoms with Gasteiger partial charge in [-0.1, -0.05) is 0 Å². The number of benzene rings is 1. The standard InChI is InChI=1S/C7H5NOSe.H3NO2S/c9-10-7-4-2-1-3-6(7)5-8-10;1-4(2)3/h1-5H;1H2,(H,2,3)/p-1. The summed E-state index contributed by atoms with van der Waals surface area (Å²) >= 11 is -4.36. The Bertz CT molecular complexity index is 404. The van der Waals surface area contributed by atoms with Crippen LogP contribution in [0.3, 0.4) is 0 Å². The van der Waals surface area contributed by atoms with Crippen LogP contribution in [-0.2, 0) is 15.1 Å². The Morgan fingerprint density at radius 3 is 2.57 bits per heavy atom. The quantitative estimate of drug-likeness (QED) is 0.486. The van der Waals surface area contributed by atoms with Crippen LogP contribution in [0.4, 0.5) is 0 Å². The minimum absolute atomic E-state index is 0.919. The average Bonchev–Trinajstić information content (AvgIpc) is 2.48. The maximum atomic E-state index is 11.1. The van der Waals surface area contributed by atoms with E-state index in [4.69, 9.17) is 8.76 Å². The number of nitrogens with two attached hydrogens (primary N) is 1. The van der Waals surface area contributed by atoms with Crippen molar-refractivity contribution in [3.63, 3.8) is 0 Å². The van der Waals surface area contributed by atoms with Gasteiger partial charge in [-0.3, -0.25) is 9.35 Å². The zero-order chi connectivity index (χ0) is 10.6. The normalized spacial score (nSPS) is 19.4. The number of hydrogen-bond donors (Lipinski definition) is 1. The van der Waals surface area contributed by atoms with Crippen molar-refractivity contribution in [1.82, 2.24) is 0 Å². The summed E-state index contributed by atoms with van der Waals surface area (Å²) in [6.45, 7) is 0. The van der Waals surface area contributed by atoms with Gasteiger partial charge >= 0.3 is 62.4 Å². The summed E-state index contributed by atoms with van der Waals surface area (Å²) in [4.78, 5) is 0. The van der Waals surface area contributed by atoms with E-state index in [1.807, 2.05) is 24.3 Å². The Labute approximate surface area is 87.8 Å². The molecule has 0 aromatic heterocycles. The molecule has 0 aliphatic carbocycles. The topological polar surface area (TPSA) is 95.6 Å². The predicted molar refractivity (Wildman–Crippen MR) is 53.2 cm³/mol. The Kier molecular flexibility index (Phi) is 4.24. The van der Waals surface area contributed by atoms with Crippen molar-refractivity contribution in [2.24, 2.45) is 9.15 Å². The van der Waals surface area contributed by atoms with Crippen molar-refractivity contribution < 1.29 is 12.6 Å². The van der Waals surface area contributed by atoms with E-state index >= 15 is 0 Å². The molecule has 1 aromatic carbocycles. The average molecular weight is 278 g/mol. The van der Waals surface area contributed by atoms with Gasteiger partial charge in [0.25, 0.3) is 0 Å². The second-order valence-electron chi connectivity index (χ2n) is 2.28. The van der Waals surface area contributed by atoms with Crippen molar-refractivity contribution in [2.45, 2.75) is 0 Å². The third-order valence-corrected chi connectivity index (χ3v) is 3.59. The summed E-state index contributed by atoms with van der Waals surface area (Å²) in [5.74, 6) is 0. The van der Waals surface area contributed by atoms with Crippen LogP contribution < -0.4 is 9.60 Å². The van der Waals surface area contributed by atoms with Crippen molar-refractivity contribution >= 4 is 36.0 Å². The van der Waals surface area contributed by atoms with Gasteiger partial charge in [-0.2, -0.15) is 0 Å². The van der Waals surface area contributed by atoms with E-state index in [1.165, 1.54) is 0 Å². The summed E-state index contributed by atoms with van der Waals surface area (Å²) < 4.78 is 33.4. The summed E-state index contributed by atoms with van der Waals surface area (Å²) in [5, 5.41) is 4.03. The first-order valence-electron chi connectivity index (χ1n) is 3.50. The number of hydrogen-bond acceptors (Lipinski definition) is 3. The number of rotatable bonds is 0. The van der Waals surface area contributed by atoms with Crippen molar-refractivity contribution in [3.05, 3.63) is 29.8 Å². The zero-order valence-corrected chi connectivity index (χ0v) is 9.48. The van der Waals surface area contributed by atoms with Crippen LogP contribution >= 0.6 is 0 Å². The molecule has 1 aliphatic rings. The van der Waals surface area contributed by atoms with Gasteiger partial charge in [0.05, 0.1) is 0 Å². The molecule has 5 nitrogen and oxygen atoms in total.